The van der Waals surface area contributed by atoms with E-state index in [1.165, 1.54) is 0 Å². The highest BCUT2D eigenvalue weighted by Crippen LogP contribution is 2.28. The van der Waals surface area contributed by atoms with Crippen LogP contribution in [0.2, 0.25) is 0 Å². The van der Waals surface area contributed by atoms with Gasteiger partial charge in [0, 0.05) is 6.54 Å². The van der Waals surface area contributed by atoms with Gasteiger partial charge in [-0.2, -0.15) is 0 Å². The van der Waals surface area contributed by atoms with E-state index in [0.29, 0.717) is 0 Å². The molecule has 4 unspecified atom stereocenters. The second kappa shape index (κ2) is 10.6. The number of urea groups is 1. The zero-order valence-electron chi connectivity index (χ0n) is 15.6. The number of carbonyl (C=O) groups is 2. The molecule has 16 nitrogen and oxygen atoms in total. The number of aliphatic hydroxyl groups is 6. The van der Waals surface area contributed by atoms with Gasteiger partial charge in [-0.15, -0.1) is 0 Å². The van der Waals surface area contributed by atoms with Crippen molar-refractivity contribution < 1.29 is 54.4 Å². The maximum Gasteiger partial charge on any atom is 0.328 e. The zero-order chi connectivity index (χ0) is 22.6. The molecule has 2 fully saturated rings. The molecule has 10 atom stereocenters. The van der Waals surface area contributed by atoms with E-state index in [9.17, 15) is 40.2 Å². The van der Waals surface area contributed by atoms with Gasteiger partial charge >= 0.3 is 6.03 Å². The lowest BCUT2D eigenvalue weighted by Crippen LogP contribution is -2.64. The van der Waals surface area contributed by atoms with E-state index in [1.54, 1.807) is 5.43 Å². The van der Waals surface area contributed by atoms with E-state index >= 15 is 0 Å². The van der Waals surface area contributed by atoms with Crippen molar-refractivity contribution in [3.63, 3.8) is 0 Å². The van der Waals surface area contributed by atoms with Crippen LogP contribution < -0.4 is 27.9 Å². The van der Waals surface area contributed by atoms with Crippen LogP contribution in [0.1, 0.15) is 6.42 Å². The van der Waals surface area contributed by atoms with Gasteiger partial charge in [0.2, 0.25) is 5.91 Å². The minimum atomic E-state index is -1.82. The smallest absolute Gasteiger partial charge is 0.328 e. The van der Waals surface area contributed by atoms with Crippen molar-refractivity contribution >= 4 is 11.9 Å². The second-order valence-electron chi connectivity index (χ2n) is 6.79. The topological polar surface area (TPSA) is 271 Å². The average Bonchev–Trinajstić information content (AvgIpc) is 2.74. The summed E-state index contributed by atoms with van der Waals surface area (Å²) < 4.78 is 15.9. The molecule has 0 aliphatic carbocycles. The van der Waals surface area contributed by atoms with Crippen molar-refractivity contribution in [3.8, 4) is 0 Å². The van der Waals surface area contributed by atoms with Crippen LogP contribution >= 0.6 is 0 Å². The van der Waals surface area contributed by atoms with Crippen LogP contribution in [0.4, 0.5) is 4.79 Å². The van der Waals surface area contributed by atoms with Crippen molar-refractivity contribution in [1.82, 2.24) is 16.2 Å². The molecule has 0 spiro atoms. The summed E-state index contributed by atoms with van der Waals surface area (Å²) >= 11 is 0. The third-order valence-corrected chi connectivity index (χ3v) is 4.75. The molecule has 0 aromatic heterocycles. The quantitative estimate of drug-likeness (QED) is 0.104. The number of aliphatic hydroxyl groups excluding tert-OH is 6. The zero-order valence-corrected chi connectivity index (χ0v) is 15.6. The van der Waals surface area contributed by atoms with Gasteiger partial charge in [-0.25, -0.2) is 16.5 Å². The molecule has 2 aliphatic heterocycles. The lowest BCUT2D eigenvalue weighted by molar-refractivity contribution is -0.372. The molecular formula is C14H27N5O11. The summed E-state index contributed by atoms with van der Waals surface area (Å²) in [4.78, 5) is 22.6. The van der Waals surface area contributed by atoms with E-state index in [4.69, 9.17) is 25.9 Å². The first-order chi connectivity index (χ1) is 14.1. The number of carbonyl (C=O) groups excluding carboxylic acids is 2. The maximum atomic E-state index is 11.5. The molecule has 0 bridgehead atoms. The van der Waals surface area contributed by atoms with Crippen LogP contribution in [0, 0.1) is 0 Å². The Balaban J connectivity index is 2.08. The highest BCUT2D eigenvalue weighted by Gasteiger charge is 2.50. The summed E-state index contributed by atoms with van der Waals surface area (Å²) in [5.74, 6) is 9.15. The summed E-state index contributed by atoms with van der Waals surface area (Å²) in [6.45, 7) is -0.345. The Morgan fingerprint density at radius 2 is 1.27 bits per heavy atom. The predicted molar refractivity (Wildman–Crippen MR) is 92.1 cm³/mol. The molecule has 3 amide bonds. The molecule has 0 aromatic rings. The number of hydrogen-bond acceptors (Lipinski definition) is 13. The van der Waals surface area contributed by atoms with Crippen LogP contribution in [0.5, 0.6) is 0 Å². The summed E-state index contributed by atoms with van der Waals surface area (Å²) in [6.07, 6.45) is -17.0. The third kappa shape index (κ3) is 5.50. The van der Waals surface area contributed by atoms with E-state index in [2.05, 4.69) is 5.32 Å². The number of nitrogens with one attached hydrogen (secondary N) is 3. The predicted octanol–water partition coefficient (Wildman–Crippen LogP) is -6.83. The first kappa shape index (κ1) is 24.6. The number of hydrogen-bond donors (Lipinski definition) is 11. The second-order valence-corrected chi connectivity index (χ2v) is 6.79. The summed E-state index contributed by atoms with van der Waals surface area (Å²) in [7, 11) is 0. The Morgan fingerprint density at radius 3 is 1.77 bits per heavy atom. The van der Waals surface area contributed by atoms with Crippen molar-refractivity contribution in [2.24, 2.45) is 11.7 Å². The highest BCUT2D eigenvalue weighted by atomic mass is 16.8. The van der Waals surface area contributed by atoms with E-state index in [-0.39, 0.29) is 6.54 Å². The van der Waals surface area contributed by atoms with Gasteiger partial charge in [-0.3, -0.25) is 15.6 Å². The molecule has 0 radical (unpaired) electrons. The van der Waals surface area contributed by atoms with Gasteiger partial charge in [0.05, 0.1) is 12.5 Å². The van der Waals surface area contributed by atoms with Crippen molar-refractivity contribution in [2.45, 2.75) is 67.8 Å². The van der Waals surface area contributed by atoms with Crippen molar-refractivity contribution in [2.75, 3.05) is 6.54 Å². The highest BCUT2D eigenvalue weighted by molar-refractivity contribution is 5.75. The molecule has 0 aromatic carbocycles. The van der Waals surface area contributed by atoms with Gasteiger partial charge in [-0.1, -0.05) is 0 Å². The van der Waals surface area contributed by atoms with E-state index in [1.807, 2.05) is 5.43 Å². The number of rotatable bonds is 6. The number of amides is 3. The number of hydrazine groups is 2. The first-order valence-corrected chi connectivity index (χ1v) is 8.89. The maximum absolute atomic E-state index is 11.5. The minimum absolute atomic E-state index is 0.345. The van der Waals surface area contributed by atoms with Crippen molar-refractivity contribution in [1.29, 1.82) is 0 Å². The fourth-order valence-electron chi connectivity index (χ4n) is 3.01. The Morgan fingerprint density at radius 1 is 0.767 bits per heavy atom. The van der Waals surface area contributed by atoms with Gasteiger partial charge in [0.25, 0.3) is 0 Å². The molecule has 2 aliphatic rings. The molecule has 2 rings (SSSR count). The lowest BCUT2D eigenvalue weighted by atomic mass is 9.96. The van der Waals surface area contributed by atoms with Crippen LogP contribution in [0.25, 0.3) is 0 Å². The average molecular weight is 441 g/mol. The third-order valence-electron chi connectivity index (χ3n) is 4.75. The van der Waals surface area contributed by atoms with Gasteiger partial charge in [0.15, 0.2) is 12.6 Å². The Kier molecular flexibility index (Phi) is 8.64. The SMILES string of the molecule is NNC(=O)CC1O[C@H](O[C@H]2OC(CNC(=O)NN)[C@@H](O)[C@H](O)C2O)C(O)[C@@H](O)[C@@H]1O. The molecule has 13 N–H and O–H groups in total. The minimum Gasteiger partial charge on any atom is -0.388 e. The molecule has 2 saturated heterocycles. The van der Waals surface area contributed by atoms with E-state index < -0.39 is 79.8 Å². The summed E-state index contributed by atoms with van der Waals surface area (Å²) in [5, 5.41) is 62.5. The fourth-order valence-corrected chi connectivity index (χ4v) is 3.01. The monoisotopic (exact) mass is 441 g/mol. The summed E-state index contributed by atoms with van der Waals surface area (Å²) in [6, 6.07) is -0.812. The Labute approximate surface area is 169 Å². The molecule has 0 saturated carbocycles. The normalized spacial score (nSPS) is 41.7. The van der Waals surface area contributed by atoms with Crippen LogP contribution in [0.3, 0.4) is 0 Å². The molecule has 30 heavy (non-hydrogen) atoms. The van der Waals surface area contributed by atoms with E-state index in [0.717, 1.165) is 0 Å². The lowest BCUT2D eigenvalue weighted by Gasteiger charge is -2.45. The van der Waals surface area contributed by atoms with Crippen LogP contribution in [0.15, 0.2) is 0 Å². The van der Waals surface area contributed by atoms with Crippen LogP contribution in [-0.4, -0.2) is 111 Å². The molecular weight excluding hydrogens is 414 g/mol. The largest absolute Gasteiger partial charge is 0.388 e. The summed E-state index contributed by atoms with van der Waals surface area (Å²) in [5.41, 5.74) is 3.60. The first-order valence-electron chi connectivity index (χ1n) is 8.89. The number of ether oxygens (including phenoxy) is 3. The molecule has 2 heterocycles. The fraction of sp³-hybridized carbons (Fsp3) is 0.857. The van der Waals surface area contributed by atoms with Crippen molar-refractivity contribution in [3.05, 3.63) is 0 Å². The Hall–Kier alpha value is -1.70. The van der Waals surface area contributed by atoms with Gasteiger partial charge < -0.3 is 50.2 Å². The molecule has 16 heteroatoms. The molecule has 174 valence electrons. The number of nitrogens with two attached hydrogens (primary N) is 2. The Bertz CT molecular complexity index is 601. The van der Waals surface area contributed by atoms with Gasteiger partial charge in [0.1, 0.15) is 42.7 Å². The standard InChI is InChI=1S/C14H27N5O11/c15-18-5(20)1-3-6(21)8(23)10(25)12(28-3)30-13-11(26)9(24)7(22)4(29-13)2-17-14(27)19-16/h3-4,6-13,21-26H,1-2,15-16H2,(H,18,20)(H2,17,19,27)/t3?,4?,6-,7-,8+,9+,10?,11?,12-,13-/m1/s1. The van der Waals surface area contributed by atoms with Crippen LogP contribution in [-0.2, 0) is 19.0 Å². The van der Waals surface area contributed by atoms with Gasteiger partial charge in [-0.05, 0) is 0 Å².